The molecule has 0 spiro atoms. The SMILES string of the molecule is CCC(CC)c1ccc(O)cc1.CCC(CC)c1ccc(OC)cc1.CCC(O)(CC)c1ccc(OC)cc1.COc1ccc(Br)cc1. The fourth-order valence-corrected chi connectivity index (χ4v) is 5.54. The number of hydrogen-bond acceptors (Lipinski definition) is 5. The van der Waals surface area contributed by atoms with E-state index in [-0.39, 0.29) is 0 Å². The summed E-state index contributed by atoms with van der Waals surface area (Å²) in [7, 11) is 5.00. The number of phenols is 1. The van der Waals surface area contributed by atoms with E-state index in [1.807, 2.05) is 86.6 Å². The molecule has 0 saturated carbocycles. The minimum absolute atomic E-state index is 0.352. The van der Waals surface area contributed by atoms with Gasteiger partial charge >= 0.3 is 0 Å². The molecule has 0 amide bonds. The van der Waals surface area contributed by atoms with Gasteiger partial charge in [0.2, 0.25) is 0 Å². The summed E-state index contributed by atoms with van der Waals surface area (Å²) >= 11 is 3.32. The van der Waals surface area contributed by atoms with Crippen LogP contribution < -0.4 is 14.2 Å². The predicted molar refractivity (Wildman–Crippen MR) is 206 cm³/mol. The molecule has 0 saturated heterocycles. The van der Waals surface area contributed by atoms with Crippen LogP contribution >= 0.6 is 15.9 Å². The van der Waals surface area contributed by atoms with Crippen LogP contribution in [0.15, 0.2) is 102 Å². The Hall–Kier alpha value is -3.48. The molecular weight excluding hydrogens is 664 g/mol. The van der Waals surface area contributed by atoms with Gasteiger partial charge in [-0.2, -0.15) is 0 Å². The summed E-state index contributed by atoms with van der Waals surface area (Å²) in [5.74, 6) is 4.34. The standard InChI is InChI=1S/C12H18O2.C12H18O.C11H16O.C7H7BrO/c1-4-12(13,5-2)10-6-8-11(14-3)9-7-10;1-4-10(5-2)11-6-8-12(13-3)9-7-11;1-3-9(4-2)10-5-7-11(12)8-6-10;1-9-7-4-2-6(8)3-5-7/h6-9,13H,4-5H2,1-3H3;6-10H,4-5H2,1-3H3;5-9,12H,3-4H2,1-2H3;2-5H,1H3. The summed E-state index contributed by atoms with van der Waals surface area (Å²) in [6.07, 6.45) is 6.22. The zero-order valence-corrected chi connectivity index (χ0v) is 32.2. The highest BCUT2D eigenvalue weighted by Crippen LogP contribution is 2.29. The number of ether oxygens (including phenoxy) is 3. The van der Waals surface area contributed by atoms with Gasteiger partial charge < -0.3 is 24.4 Å². The lowest BCUT2D eigenvalue weighted by molar-refractivity contribution is 0.0283. The van der Waals surface area contributed by atoms with E-state index >= 15 is 0 Å². The van der Waals surface area contributed by atoms with E-state index in [0.717, 1.165) is 40.1 Å². The Labute approximate surface area is 299 Å². The number of aliphatic hydroxyl groups is 1. The molecule has 0 heterocycles. The maximum atomic E-state index is 10.2. The molecule has 0 aliphatic heterocycles. The molecule has 5 nitrogen and oxygen atoms in total. The largest absolute Gasteiger partial charge is 0.508 e. The van der Waals surface area contributed by atoms with Crippen molar-refractivity contribution in [3.05, 3.63) is 118 Å². The Kier molecular flexibility index (Phi) is 21.1. The average Bonchev–Trinajstić information content (AvgIpc) is 3.14. The number of rotatable bonds is 12. The van der Waals surface area contributed by atoms with Crippen LogP contribution in [0.5, 0.6) is 23.0 Å². The first-order valence-corrected chi connectivity index (χ1v) is 18.0. The van der Waals surface area contributed by atoms with E-state index in [0.29, 0.717) is 17.6 Å². The zero-order valence-electron chi connectivity index (χ0n) is 30.6. The normalized spacial score (nSPS) is 10.5. The number of aromatic hydroxyl groups is 1. The van der Waals surface area contributed by atoms with Gasteiger partial charge in [0.15, 0.2) is 0 Å². The smallest absolute Gasteiger partial charge is 0.118 e. The molecule has 48 heavy (non-hydrogen) atoms. The fourth-order valence-electron chi connectivity index (χ4n) is 5.27. The Balaban J connectivity index is 0.000000323. The number of benzene rings is 4. The van der Waals surface area contributed by atoms with Crippen molar-refractivity contribution in [3.8, 4) is 23.0 Å². The third-order valence-corrected chi connectivity index (χ3v) is 9.30. The fraction of sp³-hybridized carbons (Fsp3) is 0.429. The molecular formula is C42H59BrO5. The van der Waals surface area contributed by atoms with Crippen molar-refractivity contribution in [3.63, 3.8) is 0 Å². The first-order valence-electron chi connectivity index (χ1n) is 17.2. The molecule has 0 radical (unpaired) electrons. The van der Waals surface area contributed by atoms with Gasteiger partial charge in [-0.25, -0.2) is 0 Å². The van der Waals surface area contributed by atoms with Crippen LogP contribution in [-0.4, -0.2) is 31.5 Å². The van der Waals surface area contributed by atoms with Crippen LogP contribution in [0.2, 0.25) is 0 Å². The topological polar surface area (TPSA) is 68.2 Å². The molecule has 4 aromatic carbocycles. The molecule has 4 rings (SSSR count). The summed E-state index contributed by atoms with van der Waals surface area (Å²) in [6, 6.07) is 31.2. The second kappa shape index (κ2) is 23.8. The van der Waals surface area contributed by atoms with Crippen LogP contribution in [0.4, 0.5) is 0 Å². The van der Waals surface area contributed by atoms with Crippen molar-refractivity contribution >= 4 is 15.9 Å². The van der Waals surface area contributed by atoms with Gasteiger partial charge in [-0.05, 0) is 128 Å². The van der Waals surface area contributed by atoms with Crippen LogP contribution in [0.25, 0.3) is 0 Å². The van der Waals surface area contributed by atoms with Gasteiger partial charge in [-0.3, -0.25) is 0 Å². The lowest BCUT2D eigenvalue weighted by atomic mass is 9.89. The highest BCUT2D eigenvalue weighted by molar-refractivity contribution is 9.10. The van der Waals surface area contributed by atoms with Crippen molar-refractivity contribution in [2.45, 2.75) is 97.5 Å². The molecule has 0 aliphatic rings. The molecule has 2 N–H and O–H groups in total. The molecule has 0 aromatic heterocycles. The Morgan fingerprint density at radius 2 is 0.833 bits per heavy atom. The lowest BCUT2D eigenvalue weighted by Gasteiger charge is -2.25. The number of methoxy groups -OCH3 is 3. The molecule has 6 heteroatoms. The van der Waals surface area contributed by atoms with Crippen LogP contribution in [0, 0.1) is 0 Å². The van der Waals surface area contributed by atoms with Gasteiger partial charge in [0.25, 0.3) is 0 Å². The highest BCUT2D eigenvalue weighted by atomic mass is 79.9. The van der Waals surface area contributed by atoms with Crippen molar-refractivity contribution in [1.82, 2.24) is 0 Å². The number of phenolic OH excluding ortho intramolecular Hbond substituents is 1. The van der Waals surface area contributed by atoms with Gasteiger partial charge in [0.05, 0.1) is 26.9 Å². The molecule has 0 bridgehead atoms. The van der Waals surface area contributed by atoms with Crippen molar-refractivity contribution in [2.75, 3.05) is 21.3 Å². The Bertz CT molecular complexity index is 1340. The van der Waals surface area contributed by atoms with Crippen LogP contribution in [0.3, 0.4) is 0 Å². The third kappa shape index (κ3) is 14.7. The quantitative estimate of drug-likeness (QED) is 0.152. The molecule has 4 aromatic rings. The molecule has 0 aliphatic carbocycles. The van der Waals surface area contributed by atoms with Gasteiger partial charge in [-0.1, -0.05) is 93.9 Å². The number of hydrogen-bond donors (Lipinski definition) is 2. The molecule has 0 unspecified atom stereocenters. The van der Waals surface area contributed by atoms with E-state index in [2.05, 4.69) is 55.8 Å². The van der Waals surface area contributed by atoms with E-state index in [1.54, 1.807) is 33.5 Å². The van der Waals surface area contributed by atoms with Gasteiger partial charge in [0.1, 0.15) is 23.0 Å². The summed E-state index contributed by atoms with van der Waals surface area (Å²) in [5.41, 5.74) is 3.03. The average molecular weight is 724 g/mol. The second-order valence-electron chi connectivity index (χ2n) is 11.5. The minimum atomic E-state index is -0.688. The van der Waals surface area contributed by atoms with E-state index < -0.39 is 5.60 Å². The lowest BCUT2D eigenvalue weighted by Crippen LogP contribution is -2.23. The highest BCUT2D eigenvalue weighted by Gasteiger charge is 2.24. The Morgan fingerprint density at radius 3 is 1.15 bits per heavy atom. The van der Waals surface area contributed by atoms with E-state index in [9.17, 15) is 5.11 Å². The van der Waals surface area contributed by atoms with E-state index in [1.165, 1.54) is 36.8 Å². The van der Waals surface area contributed by atoms with Crippen LogP contribution in [-0.2, 0) is 5.60 Å². The van der Waals surface area contributed by atoms with Crippen LogP contribution in [0.1, 0.15) is 109 Å². The first kappa shape index (κ1) is 42.5. The third-order valence-electron chi connectivity index (χ3n) is 8.77. The monoisotopic (exact) mass is 722 g/mol. The summed E-state index contributed by atoms with van der Waals surface area (Å²) in [5, 5.41) is 19.3. The van der Waals surface area contributed by atoms with E-state index in [4.69, 9.17) is 19.3 Å². The predicted octanol–water partition coefficient (Wildman–Crippen LogP) is 12.1. The van der Waals surface area contributed by atoms with Gasteiger partial charge in [-0.15, -0.1) is 0 Å². The van der Waals surface area contributed by atoms with Gasteiger partial charge in [0, 0.05) is 4.47 Å². The summed E-state index contributed by atoms with van der Waals surface area (Å²) in [4.78, 5) is 0. The zero-order chi connectivity index (χ0) is 36.0. The first-order chi connectivity index (χ1) is 23.1. The summed E-state index contributed by atoms with van der Waals surface area (Å²) < 4.78 is 16.2. The van der Waals surface area contributed by atoms with Crippen molar-refractivity contribution in [2.24, 2.45) is 0 Å². The van der Waals surface area contributed by atoms with Crippen molar-refractivity contribution in [1.29, 1.82) is 0 Å². The minimum Gasteiger partial charge on any atom is -0.508 e. The molecule has 264 valence electrons. The maximum absolute atomic E-state index is 10.2. The maximum Gasteiger partial charge on any atom is 0.118 e. The Morgan fingerprint density at radius 1 is 0.521 bits per heavy atom. The van der Waals surface area contributed by atoms with Crippen molar-refractivity contribution < 1.29 is 24.4 Å². The molecule has 0 fully saturated rings. The summed E-state index contributed by atoms with van der Waals surface area (Å²) in [6.45, 7) is 12.8. The molecule has 0 atom stereocenters. The number of halogens is 1. The second-order valence-corrected chi connectivity index (χ2v) is 12.4.